The number of alkyl halides is 3. The summed E-state index contributed by atoms with van der Waals surface area (Å²) < 4.78 is 46.1. The second-order valence-electron chi connectivity index (χ2n) is 7.74. The molecule has 0 aliphatic rings. The molecule has 3 heterocycles. The van der Waals surface area contributed by atoms with Crippen LogP contribution in [-0.2, 0) is 6.18 Å². The van der Waals surface area contributed by atoms with E-state index in [1.807, 2.05) is 6.92 Å². The van der Waals surface area contributed by atoms with E-state index in [2.05, 4.69) is 25.4 Å². The maximum absolute atomic E-state index is 13.4. The van der Waals surface area contributed by atoms with Crippen LogP contribution in [0.1, 0.15) is 27.3 Å². The fourth-order valence-corrected chi connectivity index (χ4v) is 3.77. The summed E-state index contributed by atoms with van der Waals surface area (Å²) >= 11 is 6.11. The summed E-state index contributed by atoms with van der Waals surface area (Å²) in [6, 6.07) is 7.33. The molecule has 0 spiro atoms. The highest BCUT2D eigenvalue weighted by Gasteiger charge is 2.35. The molecule has 0 aliphatic heterocycles. The highest BCUT2D eigenvalue weighted by Crippen LogP contribution is 2.33. The molecule has 9 nitrogen and oxygen atoms in total. The van der Waals surface area contributed by atoms with Crippen molar-refractivity contribution < 1.29 is 27.8 Å². The number of hydrogen-bond acceptors (Lipinski definition) is 7. The fourth-order valence-electron chi connectivity index (χ4n) is 3.48. The van der Waals surface area contributed by atoms with Crippen LogP contribution in [0.15, 0.2) is 42.7 Å². The lowest BCUT2D eigenvalue weighted by Gasteiger charge is -2.14. The van der Waals surface area contributed by atoms with Gasteiger partial charge in [0.25, 0.3) is 0 Å². The number of ether oxygens (including phenoxy) is 1. The molecule has 1 aromatic carbocycles. The zero-order valence-electron chi connectivity index (χ0n) is 19.1. The number of carbonyl (C=O) groups is 1. The van der Waals surface area contributed by atoms with Gasteiger partial charge in [-0.25, -0.2) is 19.4 Å². The lowest BCUT2D eigenvalue weighted by molar-refractivity contribution is -0.141. The monoisotopic (exact) mass is 518 g/mol. The summed E-state index contributed by atoms with van der Waals surface area (Å²) in [5.74, 6) is -1.40. The number of carboxylic acid groups (broad SMARTS) is 1. The van der Waals surface area contributed by atoms with Crippen molar-refractivity contribution in [1.82, 2.24) is 24.7 Å². The molecule has 0 atom stereocenters. The SMILES string of the molecule is COc1ncc(-c2cnc(Nc3cc(C)cc(Cl)c3)nc2-n2nc(C(F)(F)F)cc2C)cc1C(=O)O. The van der Waals surface area contributed by atoms with Crippen LogP contribution in [0.25, 0.3) is 16.9 Å². The average Bonchev–Trinajstić information content (AvgIpc) is 3.20. The van der Waals surface area contributed by atoms with Crippen molar-refractivity contribution in [3.05, 3.63) is 70.3 Å². The van der Waals surface area contributed by atoms with E-state index in [0.717, 1.165) is 16.3 Å². The van der Waals surface area contributed by atoms with Gasteiger partial charge < -0.3 is 15.2 Å². The lowest BCUT2D eigenvalue weighted by Crippen LogP contribution is -2.11. The lowest BCUT2D eigenvalue weighted by atomic mass is 10.1. The van der Waals surface area contributed by atoms with Gasteiger partial charge in [-0.2, -0.15) is 23.3 Å². The minimum atomic E-state index is -4.68. The van der Waals surface area contributed by atoms with Crippen LogP contribution in [0.5, 0.6) is 5.88 Å². The number of aromatic nitrogens is 5. The average molecular weight is 519 g/mol. The van der Waals surface area contributed by atoms with Gasteiger partial charge in [0, 0.05) is 39.9 Å². The highest BCUT2D eigenvalue weighted by molar-refractivity contribution is 6.30. The molecule has 0 aliphatic carbocycles. The Morgan fingerprint density at radius 2 is 1.86 bits per heavy atom. The summed E-state index contributed by atoms with van der Waals surface area (Å²) in [6.45, 7) is 3.28. The molecule has 4 rings (SSSR count). The molecule has 0 fully saturated rings. The maximum atomic E-state index is 13.4. The largest absolute Gasteiger partial charge is 0.480 e. The van der Waals surface area contributed by atoms with Crippen molar-refractivity contribution in [1.29, 1.82) is 0 Å². The Morgan fingerprint density at radius 3 is 2.47 bits per heavy atom. The molecule has 0 unspecified atom stereocenters. The van der Waals surface area contributed by atoms with E-state index in [1.165, 1.54) is 32.5 Å². The zero-order valence-corrected chi connectivity index (χ0v) is 19.8. The molecule has 36 heavy (non-hydrogen) atoms. The smallest absolute Gasteiger partial charge is 0.435 e. The first-order valence-electron chi connectivity index (χ1n) is 10.3. The van der Waals surface area contributed by atoms with Crippen LogP contribution in [0.3, 0.4) is 0 Å². The van der Waals surface area contributed by atoms with Crippen molar-refractivity contribution in [3.8, 4) is 22.8 Å². The molecule has 0 saturated carbocycles. The van der Waals surface area contributed by atoms with E-state index in [4.69, 9.17) is 16.3 Å². The van der Waals surface area contributed by atoms with Crippen LogP contribution >= 0.6 is 11.6 Å². The number of aryl methyl sites for hydroxylation is 2. The number of anilines is 2. The molecule has 0 radical (unpaired) electrons. The molecule has 0 saturated heterocycles. The van der Waals surface area contributed by atoms with E-state index < -0.39 is 17.8 Å². The van der Waals surface area contributed by atoms with E-state index in [9.17, 15) is 23.1 Å². The predicted molar refractivity (Wildman–Crippen MR) is 125 cm³/mol. The van der Waals surface area contributed by atoms with E-state index >= 15 is 0 Å². The van der Waals surface area contributed by atoms with Gasteiger partial charge in [0.15, 0.2) is 11.5 Å². The van der Waals surface area contributed by atoms with Crippen LogP contribution in [-0.4, -0.2) is 42.9 Å². The zero-order chi connectivity index (χ0) is 26.2. The summed E-state index contributed by atoms with van der Waals surface area (Å²) in [5.41, 5.74) is 0.648. The molecule has 4 aromatic rings. The number of rotatable bonds is 6. The summed E-state index contributed by atoms with van der Waals surface area (Å²) in [6.07, 6.45) is -2.03. The summed E-state index contributed by atoms with van der Waals surface area (Å²) in [4.78, 5) is 24.4. The van der Waals surface area contributed by atoms with Crippen molar-refractivity contribution in [2.75, 3.05) is 12.4 Å². The number of carboxylic acids is 1. The standard InChI is InChI=1S/C23H18ClF3N6O3/c1-11-4-14(24)8-15(5-11)30-22-29-10-17(13-7-16(21(34)35)20(36-3)28-9-13)19(31-22)33-12(2)6-18(32-33)23(25,26)27/h4-10H,1-3H3,(H,34,35)(H,29,30,31). The number of aromatic carboxylic acids is 1. The van der Waals surface area contributed by atoms with Gasteiger partial charge in [0.1, 0.15) is 5.56 Å². The van der Waals surface area contributed by atoms with Gasteiger partial charge in [-0.3, -0.25) is 0 Å². The number of methoxy groups -OCH3 is 1. The second kappa shape index (κ2) is 9.46. The summed E-state index contributed by atoms with van der Waals surface area (Å²) in [7, 11) is 1.27. The van der Waals surface area contributed by atoms with E-state index in [1.54, 1.807) is 18.2 Å². The van der Waals surface area contributed by atoms with Crippen LogP contribution < -0.4 is 10.1 Å². The predicted octanol–water partition coefficient (Wildman–Crippen LogP) is 5.46. The van der Waals surface area contributed by atoms with Crippen molar-refractivity contribution in [2.24, 2.45) is 0 Å². The van der Waals surface area contributed by atoms with E-state index in [0.29, 0.717) is 10.7 Å². The topological polar surface area (TPSA) is 115 Å². The minimum Gasteiger partial charge on any atom is -0.480 e. The first-order chi connectivity index (χ1) is 17.0. The molecule has 0 amide bonds. The number of halogens is 4. The Hall–Kier alpha value is -4.19. The van der Waals surface area contributed by atoms with Gasteiger partial charge in [0.05, 0.1) is 7.11 Å². The summed E-state index contributed by atoms with van der Waals surface area (Å²) in [5, 5.41) is 16.7. The van der Waals surface area contributed by atoms with Gasteiger partial charge >= 0.3 is 12.1 Å². The Balaban J connectivity index is 1.90. The van der Waals surface area contributed by atoms with Crippen LogP contribution in [0.2, 0.25) is 5.02 Å². The molecule has 3 aromatic heterocycles. The minimum absolute atomic E-state index is 0.0254. The quantitative estimate of drug-likeness (QED) is 0.345. The normalized spacial score (nSPS) is 11.4. The van der Waals surface area contributed by atoms with Crippen molar-refractivity contribution in [2.45, 2.75) is 20.0 Å². The van der Waals surface area contributed by atoms with Gasteiger partial charge in [0.2, 0.25) is 11.8 Å². The Labute approximate surface area is 207 Å². The first-order valence-corrected chi connectivity index (χ1v) is 10.7. The number of nitrogens with one attached hydrogen (secondary N) is 1. The third-order valence-corrected chi connectivity index (χ3v) is 5.25. The molecular formula is C23H18ClF3N6O3. The fraction of sp³-hybridized carbons (Fsp3) is 0.174. The molecule has 2 N–H and O–H groups in total. The van der Waals surface area contributed by atoms with E-state index in [-0.39, 0.29) is 40.0 Å². The third kappa shape index (κ3) is 5.08. The second-order valence-corrected chi connectivity index (χ2v) is 8.18. The number of benzene rings is 1. The Bertz CT molecular complexity index is 1450. The van der Waals surface area contributed by atoms with Crippen LogP contribution in [0, 0.1) is 13.8 Å². The third-order valence-electron chi connectivity index (χ3n) is 5.03. The van der Waals surface area contributed by atoms with Gasteiger partial charge in [-0.15, -0.1) is 0 Å². The number of pyridine rings is 1. The Kier molecular flexibility index (Phi) is 6.55. The maximum Gasteiger partial charge on any atom is 0.435 e. The van der Waals surface area contributed by atoms with Gasteiger partial charge in [-0.1, -0.05) is 11.6 Å². The number of hydrogen-bond donors (Lipinski definition) is 2. The van der Waals surface area contributed by atoms with Gasteiger partial charge in [-0.05, 0) is 49.7 Å². The number of nitrogens with zero attached hydrogens (tertiary/aromatic N) is 5. The molecule has 13 heteroatoms. The van der Waals surface area contributed by atoms with Crippen molar-refractivity contribution >= 4 is 29.2 Å². The molecule has 0 bridgehead atoms. The Morgan fingerprint density at radius 1 is 1.11 bits per heavy atom. The van der Waals surface area contributed by atoms with Crippen LogP contribution in [0.4, 0.5) is 24.8 Å². The molecular weight excluding hydrogens is 501 g/mol. The first kappa shape index (κ1) is 24.9. The molecule has 186 valence electrons. The van der Waals surface area contributed by atoms with Crippen molar-refractivity contribution in [3.63, 3.8) is 0 Å². The highest BCUT2D eigenvalue weighted by atomic mass is 35.5.